The van der Waals surface area contributed by atoms with E-state index in [1.165, 1.54) is 18.2 Å². The van der Waals surface area contributed by atoms with Crippen LogP contribution in [0.5, 0.6) is 0 Å². The standard InChI is InChI=1S/C14H17F2NO3/c1-8(19-2)11-7-12(18)20-14(17-11)10-5-3-4-9(6-10)13(15)16/h3-6,8,11-13,18H,7H2,1-2H3. The second kappa shape index (κ2) is 6.28. The van der Waals surface area contributed by atoms with Gasteiger partial charge in [0.15, 0.2) is 0 Å². The molecule has 0 aliphatic carbocycles. The molecule has 1 heterocycles. The smallest absolute Gasteiger partial charge is 0.263 e. The first-order valence-electron chi connectivity index (χ1n) is 6.35. The second-order valence-corrected chi connectivity index (χ2v) is 4.68. The van der Waals surface area contributed by atoms with Gasteiger partial charge < -0.3 is 14.6 Å². The van der Waals surface area contributed by atoms with Crippen molar-refractivity contribution in [2.75, 3.05) is 7.11 Å². The number of ether oxygens (including phenoxy) is 2. The summed E-state index contributed by atoms with van der Waals surface area (Å²) in [5.74, 6) is 0.167. The summed E-state index contributed by atoms with van der Waals surface area (Å²) in [6, 6.07) is 5.52. The number of rotatable bonds is 4. The van der Waals surface area contributed by atoms with Crippen LogP contribution in [0.15, 0.2) is 29.3 Å². The highest BCUT2D eigenvalue weighted by atomic mass is 19.3. The molecule has 1 aromatic carbocycles. The summed E-state index contributed by atoms with van der Waals surface area (Å²) < 4.78 is 35.8. The van der Waals surface area contributed by atoms with Gasteiger partial charge in [-0.1, -0.05) is 12.1 Å². The van der Waals surface area contributed by atoms with E-state index in [1.807, 2.05) is 6.92 Å². The normalized spacial score (nSPS) is 24.2. The predicted octanol–water partition coefficient (Wildman–Crippen LogP) is 2.51. The molecular formula is C14H17F2NO3. The molecule has 2 rings (SSSR count). The molecule has 6 heteroatoms. The lowest BCUT2D eigenvalue weighted by atomic mass is 10.1. The summed E-state index contributed by atoms with van der Waals surface area (Å²) >= 11 is 0. The van der Waals surface area contributed by atoms with E-state index in [1.54, 1.807) is 13.2 Å². The van der Waals surface area contributed by atoms with Crippen LogP contribution >= 0.6 is 0 Å². The highest BCUT2D eigenvalue weighted by molar-refractivity contribution is 5.94. The van der Waals surface area contributed by atoms with Crippen molar-refractivity contribution in [2.45, 2.75) is 38.2 Å². The molecule has 3 unspecified atom stereocenters. The van der Waals surface area contributed by atoms with Gasteiger partial charge in [0.25, 0.3) is 6.43 Å². The van der Waals surface area contributed by atoms with E-state index in [9.17, 15) is 13.9 Å². The molecular weight excluding hydrogens is 268 g/mol. The highest BCUT2D eigenvalue weighted by Crippen LogP contribution is 2.23. The van der Waals surface area contributed by atoms with Gasteiger partial charge in [-0.3, -0.25) is 0 Å². The summed E-state index contributed by atoms with van der Waals surface area (Å²) in [5, 5.41) is 9.73. The Morgan fingerprint density at radius 1 is 1.45 bits per heavy atom. The van der Waals surface area contributed by atoms with Gasteiger partial charge in [-0.2, -0.15) is 0 Å². The van der Waals surface area contributed by atoms with Crippen LogP contribution in [0, 0.1) is 0 Å². The molecule has 4 nitrogen and oxygen atoms in total. The number of alkyl halides is 2. The molecule has 0 amide bonds. The van der Waals surface area contributed by atoms with Crippen LogP contribution in [-0.2, 0) is 9.47 Å². The first-order valence-corrected chi connectivity index (χ1v) is 6.35. The van der Waals surface area contributed by atoms with E-state index in [-0.39, 0.29) is 23.6 Å². The molecule has 0 radical (unpaired) electrons. The number of benzene rings is 1. The van der Waals surface area contributed by atoms with Crippen LogP contribution in [0.4, 0.5) is 8.78 Å². The molecule has 1 N–H and O–H groups in total. The fourth-order valence-electron chi connectivity index (χ4n) is 2.02. The third-order valence-corrected chi connectivity index (χ3v) is 3.27. The van der Waals surface area contributed by atoms with Crippen molar-refractivity contribution in [3.63, 3.8) is 0 Å². The van der Waals surface area contributed by atoms with Crippen LogP contribution in [0.2, 0.25) is 0 Å². The fourth-order valence-corrected chi connectivity index (χ4v) is 2.02. The van der Waals surface area contributed by atoms with E-state index >= 15 is 0 Å². The Kier molecular flexibility index (Phi) is 4.67. The van der Waals surface area contributed by atoms with E-state index in [4.69, 9.17) is 9.47 Å². The molecule has 3 atom stereocenters. The van der Waals surface area contributed by atoms with Crippen LogP contribution in [-0.4, -0.2) is 36.5 Å². The van der Waals surface area contributed by atoms with Gasteiger partial charge in [0.05, 0.1) is 12.1 Å². The molecule has 0 spiro atoms. The molecule has 0 aromatic heterocycles. The third-order valence-electron chi connectivity index (χ3n) is 3.27. The van der Waals surface area contributed by atoms with Crippen LogP contribution < -0.4 is 0 Å². The Morgan fingerprint density at radius 3 is 2.85 bits per heavy atom. The lowest BCUT2D eigenvalue weighted by Crippen LogP contribution is -2.36. The number of aliphatic hydroxyl groups excluding tert-OH is 1. The van der Waals surface area contributed by atoms with E-state index < -0.39 is 12.7 Å². The Morgan fingerprint density at radius 2 is 2.20 bits per heavy atom. The lowest BCUT2D eigenvalue weighted by Gasteiger charge is -2.28. The lowest BCUT2D eigenvalue weighted by molar-refractivity contribution is -0.0595. The van der Waals surface area contributed by atoms with Gasteiger partial charge in [0.2, 0.25) is 12.2 Å². The number of halogens is 2. The average Bonchev–Trinajstić information content (AvgIpc) is 2.45. The summed E-state index contributed by atoms with van der Waals surface area (Å²) in [4.78, 5) is 4.34. The molecule has 0 fully saturated rings. The molecule has 0 saturated carbocycles. The molecule has 110 valence electrons. The number of nitrogens with zero attached hydrogens (tertiary/aromatic N) is 1. The topological polar surface area (TPSA) is 51.0 Å². The average molecular weight is 285 g/mol. The number of aliphatic hydroxyl groups is 1. The molecule has 0 saturated heterocycles. The Bertz CT molecular complexity index is 493. The minimum absolute atomic E-state index is 0.106. The molecule has 1 aromatic rings. The van der Waals surface area contributed by atoms with Crippen LogP contribution in [0.25, 0.3) is 0 Å². The minimum atomic E-state index is -2.56. The van der Waals surface area contributed by atoms with Crippen molar-refractivity contribution in [3.05, 3.63) is 35.4 Å². The Labute approximate surface area is 116 Å². The minimum Gasteiger partial charge on any atom is -0.448 e. The number of methoxy groups -OCH3 is 1. The summed E-state index contributed by atoms with van der Waals surface area (Å²) in [7, 11) is 1.55. The third kappa shape index (κ3) is 3.32. The van der Waals surface area contributed by atoms with Crippen LogP contribution in [0.1, 0.15) is 30.9 Å². The second-order valence-electron chi connectivity index (χ2n) is 4.68. The molecule has 1 aliphatic rings. The van der Waals surface area contributed by atoms with Crippen molar-refractivity contribution in [3.8, 4) is 0 Å². The summed E-state index contributed by atoms with van der Waals surface area (Å²) in [6.07, 6.45) is -3.45. The van der Waals surface area contributed by atoms with Crippen molar-refractivity contribution in [2.24, 2.45) is 4.99 Å². The van der Waals surface area contributed by atoms with Gasteiger partial charge in [0, 0.05) is 24.7 Å². The van der Waals surface area contributed by atoms with Crippen molar-refractivity contribution < 1.29 is 23.4 Å². The van der Waals surface area contributed by atoms with Crippen molar-refractivity contribution >= 4 is 5.90 Å². The summed E-state index contributed by atoms with van der Waals surface area (Å²) in [6.45, 7) is 1.83. The Balaban J connectivity index is 2.30. The van der Waals surface area contributed by atoms with Gasteiger partial charge in [-0.15, -0.1) is 0 Å². The largest absolute Gasteiger partial charge is 0.448 e. The zero-order chi connectivity index (χ0) is 14.7. The van der Waals surface area contributed by atoms with Gasteiger partial charge in [0.1, 0.15) is 0 Å². The summed E-state index contributed by atoms with van der Waals surface area (Å²) in [5.41, 5.74) is 0.319. The zero-order valence-corrected chi connectivity index (χ0v) is 11.3. The maximum atomic E-state index is 12.7. The van der Waals surface area contributed by atoms with Gasteiger partial charge in [-0.25, -0.2) is 13.8 Å². The Hall–Kier alpha value is -1.53. The quantitative estimate of drug-likeness (QED) is 0.924. The van der Waals surface area contributed by atoms with Gasteiger partial charge in [-0.05, 0) is 19.1 Å². The predicted molar refractivity (Wildman–Crippen MR) is 69.9 cm³/mol. The van der Waals surface area contributed by atoms with E-state index in [0.29, 0.717) is 12.0 Å². The highest BCUT2D eigenvalue weighted by Gasteiger charge is 2.28. The van der Waals surface area contributed by atoms with Gasteiger partial charge >= 0.3 is 0 Å². The van der Waals surface area contributed by atoms with Crippen LogP contribution in [0.3, 0.4) is 0 Å². The number of hydrogen-bond donors (Lipinski definition) is 1. The molecule has 1 aliphatic heterocycles. The number of aliphatic imine (C=N–C) groups is 1. The first kappa shape index (κ1) is 14.9. The van der Waals surface area contributed by atoms with E-state index in [0.717, 1.165) is 0 Å². The molecule has 20 heavy (non-hydrogen) atoms. The fraction of sp³-hybridized carbons (Fsp3) is 0.500. The maximum Gasteiger partial charge on any atom is 0.263 e. The van der Waals surface area contributed by atoms with Crippen molar-refractivity contribution in [1.82, 2.24) is 0 Å². The zero-order valence-electron chi connectivity index (χ0n) is 11.3. The monoisotopic (exact) mass is 285 g/mol. The molecule has 0 bridgehead atoms. The first-order chi connectivity index (χ1) is 9.51. The van der Waals surface area contributed by atoms with E-state index in [2.05, 4.69) is 4.99 Å². The number of hydrogen-bond acceptors (Lipinski definition) is 4. The maximum absolute atomic E-state index is 12.7. The van der Waals surface area contributed by atoms with Crippen molar-refractivity contribution in [1.29, 1.82) is 0 Å². The SMILES string of the molecule is COC(C)C1CC(O)OC(c2cccc(C(F)F)c2)=N1.